The first-order valence-electron chi connectivity index (χ1n) is 6.55. The van der Waals surface area contributed by atoms with Gasteiger partial charge in [-0.25, -0.2) is 0 Å². The second-order valence-corrected chi connectivity index (χ2v) is 5.47. The molecule has 3 heterocycles. The van der Waals surface area contributed by atoms with Crippen LogP contribution >= 0.6 is 11.8 Å². The maximum absolute atomic E-state index is 11.1. The van der Waals surface area contributed by atoms with Crippen molar-refractivity contribution in [2.45, 2.75) is 10.9 Å². The Morgan fingerprint density at radius 2 is 2.17 bits per heavy atom. The van der Waals surface area contributed by atoms with Crippen molar-refractivity contribution in [2.24, 2.45) is 0 Å². The molecule has 0 fully saturated rings. The van der Waals surface area contributed by atoms with E-state index in [1.54, 1.807) is 12.1 Å². The van der Waals surface area contributed by atoms with Crippen LogP contribution in [0.5, 0.6) is 11.5 Å². The fourth-order valence-electron chi connectivity index (χ4n) is 1.96. The van der Waals surface area contributed by atoms with Gasteiger partial charge >= 0.3 is 0 Å². The Hall–Kier alpha value is -2.88. The molecule has 0 bridgehead atoms. The summed E-state index contributed by atoms with van der Waals surface area (Å²) in [5.41, 5.74) is 0.455. The van der Waals surface area contributed by atoms with Crippen LogP contribution in [0.25, 0.3) is 11.4 Å². The van der Waals surface area contributed by atoms with E-state index in [0.29, 0.717) is 34.1 Å². The lowest BCUT2D eigenvalue weighted by atomic mass is 10.2. The monoisotopic (exact) mass is 331 g/mol. The molecular formula is C13H9N5O4S. The Morgan fingerprint density at radius 1 is 1.26 bits per heavy atom. The molecule has 3 aromatic rings. The van der Waals surface area contributed by atoms with Gasteiger partial charge in [-0.15, -0.1) is 5.10 Å². The van der Waals surface area contributed by atoms with E-state index in [0.717, 1.165) is 11.8 Å². The number of nitrogens with one attached hydrogen (secondary N) is 1. The molecule has 1 aliphatic rings. The first-order chi connectivity index (χ1) is 11.3. The number of nitrogens with zero attached hydrogens (tertiary/aromatic N) is 4. The van der Waals surface area contributed by atoms with Gasteiger partial charge in [-0.3, -0.25) is 9.78 Å². The van der Waals surface area contributed by atoms with E-state index in [4.69, 9.17) is 14.0 Å². The minimum Gasteiger partial charge on any atom is -0.454 e. The summed E-state index contributed by atoms with van der Waals surface area (Å²) in [5.74, 6) is 2.58. The predicted octanol–water partition coefficient (Wildman–Crippen LogP) is 1.24. The Balaban J connectivity index is 1.49. The van der Waals surface area contributed by atoms with Crippen LogP contribution in [0.3, 0.4) is 0 Å². The number of ether oxygens (including phenoxy) is 2. The van der Waals surface area contributed by atoms with Crippen molar-refractivity contribution < 1.29 is 14.0 Å². The smallest absolute Gasteiger partial charge is 0.270 e. The van der Waals surface area contributed by atoms with Gasteiger partial charge in [0.15, 0.2) is 16.7 Å². The van der Waals surface area contributed by atoms with Gasteiger partial charge in [-0.1, -0.05) is 16.9 Å². The van der Waals surface area contributed by atoms with E-state index < -0.39 is 0 Å². The molecule has 116 valence electrons. The van der Waals surface area contributed by atoms with Gasteiger partial charge < -0.3 is 14.0 Å². The van der Waals surface area contributed by atoms with Gasteiger partial charge in [0.25, 0.3) is 5.56 Å². The quantitative estimate of drug-likeness (QED) is 0.704. The number of hydrogen-bond donors (Lipinski definition) is 1. The summed E-state index contributed by atoms with van der Waals surface area (Å²) in [6, 6.07) is 5.42. The minimum atomic E-state index is -0.311. The van der Waals surface area contributed by atoms with E-state index in [-0.39, 0.29) is 12.4 Å². The average Bonchev–Trinajstić information content (AvgIpc) is 3.21. The third-order valence-corrected chi connectivity index (χ3v) is 3.83. The zero-order chi connectivity index (χ0) is 15.6. The molecule has 0 radical (unpaired) electrons. The third-order valence-electron chi connectivity index (χ3n) is 2.98. The van der Waals surface area contributed by atoms with Crippen LogP contribution in [0.1, 0.15) is 5.89 Å². The molecule has 1 aromatic carbocycles. The number of aromatic amines is 1. The van der Waals surface area contributed by atoms with Crippen LogP contribution in [-0.4, -0.2) is 32.1 Å². The lowest BCUT2D eigenvalue weighted by Gasteiger charge is -1.97. The molecule has 10 heteroatoms. The maximum atomic E-state index is 11.1. The Bertz CT molecular complexity index is 909. The Kier molecular flexibility index (Phi) is 3.42. The van der Waals surface area contributed by atoms with Crippen molar-refractivity contribution in [1.82, 2.24) is 25.3 Å². The molecule has 2 aromatic heterocycles. The van der Waals surface area contributed by atoms with Crippen LogP contribution in [0, 0.1) is 0 Å². The molecule has 0 saturated carbocycles. The molecule has 0 unspecified atom stereocenters. The first kappa shape index (κ1) is 13.8. The topological polar surface area (TPSA) is 116 Å². The molecule has 1 N–H and O–H groups in total. The van der Waals surface area contributed by atoms with Gasteiger partial charge in [0.2, 0.25) is 18.5 Å². The fraction of sp³-hybridized carbons (Fsp3) is 0.154. The first-order valence-corrected chi connectivity index (χ1v) is 7.54. The molecule has 0 saturated heterocycles. The molecule has 1 aliphatic heterocycles. The summed E-state index contributed by atoms with van der Waals surface area (Å²) in [6.07, 6.45) is 1.11. The molecule has 4 rings (SSSR count). The fourth-order valence-corrected chi connectivity index (χ4v) is 2.61. The second-order valence-electron chi connectivity index (χ2n) is 4.51. The highest BCUT2D eigenvalue weighted by Gasteiger charge is 2.16. The largest absolute Gasteiger partial charge is 0.454 e. The lowest BCUT2D eigenvalue weighted by Crippen LogP contribution is -2.08. The highest BCUT2D eigenvalue weighted by Crippen LogP contribution is 2.35. The van der Waals surface area contributed by atoms with Crippen molar-refractivity contribution in [2.75, 3.05) is 6.79 Å². The van der Waals surface area contributed by atoms with Crippen LogP contribution in [0.4, 0.5) is 0 Å². The van der Waals surface area contributed by atoms with Gasteiger partial charge in [-0.2, -0.15) is 10.1 Å². The maximum Gasteiger partial charge on any atom is 0.270 e. The van der Waals surface area contributed by atoms with E-state index in [2.05, 4.69) is 25.3 Å². The summed E-state index contributed by atoms with van der Waals surface area (Å²) in [6.45, 7) is 0.212. The number of H-pyrrole nitrogens is 1. The van der Waals surface area contributed by atoms with Gasteiger partial charge in [0.1, 0.15) is 6.20 Å². The van der Waals surface area contributed by atoms with Crippen molar-refractivity contribution >= 4 is 11.8 Å². The minimum absolute atomic E-state index is 0.212. The van der Waals surface area contributed by atoms with Crippen molar-refractivity contribution in [3.05, 3.63) is 40.6 Å². The number of thioether (sulfide) groups is 1. The predicted molar refractivity (Wildman–Crippen MR) is 78.1 cm³/mol. The van der Waals surface area contributed by atoms with Crippen LogP contribution in [0.2, 0.25) is 0 Å². The van der Waals surface area contributed by atoms with Crippen molar-refractivity contribution in [3.63, 3.8) is 0 Å². The average molecular weight is 331 g/mol. The zero-order valence-corrected chi connectivity index (χ0v) is 12.4. The van der Waals surface area contributed by atoms with Crippen molar-refractivity contribution in [3.8, 4) is 22.9 Å². The summed E-state index contributed by atoms with van der Waals surface area (Å²) in [4.78, 5) is 18.0. The molecule has 9 nitrogen and oxygen atoms in total. The van der Waals surface area contributed by atoms with E-state index in [1.165, 1.54) is 11.8 Å². The van der Waals surface area contributed by atoms with Gasteiger partial charge in [0.05, 0.1) is 5.75 Å². The highest BCUT2D eigenvalue weighted by molar-refractivity contribution is 7.98. The zero-order valence-electron chi connectivity index (χ0n) is 11.6. The summed E-state index contributed by atoms with van der Waals surface area (Å²) < 4.78 is 15.8. The number of aromatic nitrogens is 5. The molecule has 23 heavy (non-hydrogen) atoms. The van der Waals surface area contributed by atoms with Gasteiger partial charge in [0, 0.05) is 5.56 Å². The van der Waals surface area contributed by atoms with Crippen molar-refractivity contribution in [1.29, 1.82) is 0 Å². The Labute approximate surface area is 133 Å². The van der Waals surface area contributed by atoms with E-state index >= 15 is 0 Å². The molecule has 0 amide bonds. The lowest BCUT2D eigenvalue weighted by molar-refractivity contribution is 0.174. The summed E-state index contributed by atoms with van der Waals surface area (Å²) in [7, 11) is 0. The molecule has 0 spiro atoms. The summed E-state index contributed by atoms with van der Waals surface area (Å²) >= 11 is 1.25. The number of fused-ring (bicyclic) bond motifs is 1. The van der Waals surface area contributed by atoms with Crippen LogP contribution in [-0.2, 0) is 5.75 Å². The van der Waals surface area contributed by atoms with Crippen LogP contribution in [0.15, 0.2) is 38.9 Å². The normalized spacial score (nSPS) is 12.5. The van der Waals surface area contributed by atoms with Gasteiger partial charge in [-0.05, 0) is 18.2 Å². The number of hydrogen-bond acceptors (Lipinski definition) is 9. The third kappa shape index (κ3) is 2.88. The number of rotatable bonds is 4. The number of benzene rings is 1. The summed E-state index contributed by atoms with van der Waals surface area (Å²) in [5, 5.41) is 11.7. The SMILES string of the molecule is O=c1cnnc(SCc2nc(-c3ccc4c(c3)OCO4)no2)[nH]1. The van der Waals surface area contributed by atoms with E-state index in [9.17, 15) is 4.79 Å². The second kappa shape index (κ2) is 5.72. The molecule has 0 atom stereocenters. The molecule has 0 aliphatic carbocycles. The standard InChI is InChI=1S/C13H9N5O4S/c19-10-4-14-17-13(15-10)23-5-11-16-12(18-22-11)7-1-2-8-9(3-7)21-6-20-8/h1-4H,5-6H2,(H,15,17,19). The van der Waals surface area contributed by atoms with Crippen LogP contribution < -0.4 is 15.0 Å². The Morgan fingerprint density at radius 3 is 3.09 bits per heavy atom. The van der Waals surface area contributed by atoms with E-state index in [1.807, 2.05) is 6.07 Å². The molecular weight excluding hydrogens is 322 g/mol. The highest BCUT2D eigenvalue weighted by atomic mass is 32.2.